The van der Waals surface area contributed by atoms with Crippen LogP contribution >= 0.6 is 0 Å². The minimum absolute atomic E-state index is 0.00344. The van der Waals surface area contributed by atoms with Crippen LogP contribution in [-0.4, -0.2) is 42.6 Å². The molecule has 2 aromatic carbocycles. The topological polar surface area (TPSA) is 105 Å². The Hall–Kier alpha value is -3.80. The number of hydrogen-bond acceptors (Lipinski definition) is 6. The monoisotopic (exact) mass is 539 g/mol. The molecule has 208 valence electrons. The maximum absolute atomic E-state index is 14.2. The van der Waals surface area contributed by atoms with Gasteiger partial charge in [-0.05, 0) is 68.7 Å². The van der Waals surface area contributed by atoms with Crippen molar-refractivity contribution in [1.29, 1.82) is 5.26 Å². The van der Waals surface area contributed by atoms with Crippen molar-refractivity contribution in [2.24, 2.45) is 0 Å². The van der Waals surface area contributed by atoms with Crippen molar-refractivity contribution in [3.8, 4) is 17.2 Å². The van der Waals surface area contributed by atoms with E-state index in [-0.39, 0.29) is 17.7 Å². The average Bonchev–Trinajstić information content (AvgIpc) is 3.44. The fourth-order valence-electron chi connectivity index (χ4n) is 5.71. The van der Waals surface area contributed by atoms with Gasteiger partial charge in [0.25, 0.3) is 5.56 Å². The molecule has 1 N–H and O–H groups in total. The molecule has 0 amide bonds. The maximum atomic E-state index is 14.2. The van der Waals surface area contributed by atoms with Gasteiger partial charge in [0.15, 0.2) is 0 Å². The van der Waals surface area contributed by atoms with Crippen LogP contribution in [0.25, 0.3) is 16.9 Å². The molecule has 40 heavy (non-hydrogen) atoms. The molecule has 4 aromatic rings. The van der Waals surface area contributed by atoms with E-state index in [0.717, 1.165) is 66.5 Å². The van der Waals surface area contributed by atoms with Gasteiger partial charge < -0.3 is 9.84 Å². The average molecular weight is 540 g/mol. The first-order valence-corrected chi connectivity index (χ1v) is 14.2. The van der Waals surface area contributed by atoms with Crippen molar-refractivity contribution >= 4 is 5.78 Å². The van der Waals surface area contributed by atoms with Gasteiger partial charge in [-0.15, -0.1) is 0 Å². The molecule has 0 saturated heterocycles. The van der Waals surface area contributed by atoms with Crippen molar-refractivity contribution in [1.82, 2.24) is 19.2 Å². The van der Waals surface area contributed by atoms with Gasteiger partial charge in [-0.25, -0.2) is 4.52 Å². The highest BCUT2D eigenvalue weighted by molar-refractivity contribution is 5.70. The number of aliphatic hydroxyl groups is 1. The molecular weight excluding hydrogens is 502 g/mol. The molecule has 1 fully saturated rings. The van der Waals surface area contributed by atoms with Crippen LogP contribution in [0.2, 0.25) is 0 Å². The van der Waals surface area contributed by atoms with Gasteiger partial charge >= 0.3 is 0 Å². The van der Waals surface area contributed by atoms with E-state index < -0.39 is 5.60 Å². The van der Waals surface area contributed by atoms with Crippen LogP contribution in [0, 0.1) is 11.3 Å². The first-order valence-electron chi connectivity index (χ1n) is 14.2. The normalized spacial score (nSPS) is 17.7. The Kier molecular flexibility index (Phi) is 8.15. The number of hydrogen-bond donors (Lipinski definition) is 1. The summed E-state index contributed by atoms with van der Waals surface area (Å²) >= 11 is 0. The summed E-state index contributed by atoms with van der Waals surface area (Å²) in [5.41, 5.74) is 4.36. The SMILES string of the molecule is CCCc1c(Cc2ccc(-c3ccccc3C#N)cc2)c(=O)n([C@H]2CC[C@H](OCC(C)(C)O)CC2)c2ncnn12. The van der Waals surface area contributed by atoms with Crippen molar-refractivity contribution in [2.75, 3.05) is 6.61 Å². The standard InChI is InChI=1S/C32H37N5O3/c1-4-7-29-28(18-22-10-12-23(13-11-22)27-9-6-5-8-24(27)19-33)30(38)36(31-34-21-35-37(29)31)25-14-16-26(17-15-25)40-20-32(2,3)39/h5-6,8-13,21,25-26,39H,4,7,14-18,20H2,1-3H3/t25-,26-. The molecule has 0 aliphatic heterocycles. The van der Waals surface area contributed by atoms with Crippen LogP contribution in [-0.2, 0) is 17.6 Å². The van der Waals surface area contributed by atoms with Gasteiger partial charge in [0.1, 0.15) is 6.33 Å². The first-order chi connectivity index (χ1) is 19.3. The minimum atomic E-state index is -0.858. The Morgan fingerprint density at radius 2 is 1.82 bits per heavy atom. The van der Waals surface area contributed by atoms with E-state index >= 15 is 0 Å². The van der Waals surface area contributed by atoms with Crippen LogP contribution in [0.15, 0.2) is 59.7 Å². The number of aryl methyl sites for hydroxylation is 1. The van der Waals surface area contributed by atoms with Gasteiger partial charge in [0, 0.05) is 18.0 Å². The molecule has 1 aliphatic carbocycles. The van der Waals surface area contributed by atoms with E-state index in [9.17, 15) is 15.2 Å². The van der Waals surface area contributed by atoms with Gasteiger partial charge in [0.05, 0.1) is 35.6 Å². The number of rotatable bonds is 9. The molecule has 0 bridgehead atoms. The van der Waals surface area contributed by atoms with Gasteiger partial charge in [-0.3, -0.25) is 9.36 Å². The van der Waals surface area contributed by atoms with E-state index in [1.54, 1.807) is 13.8 Å². The Morgan fingerprint density at radius 3 is 2.50 bits per heavy atom. The molecule has 5 rings (SSSR count). The summed E-state index contributed by atoms with van der Waals surface area (Å²) in [5, 5.41) is 24.1. The van der Waals surface area contributed by atoms with Gasteiger partial charge in [-0.1, -0.05) is 55.8 Å². The van der Waals surface area contributed by atoms with Crippen LogP contribution in [0.5, 0.6) is 0 Å². The van der Waals surface area contributed by atoms with Crippen LogP contribution in [0.1, 0.15) is 81.3 Å². The minimum Gasteiger partial charge on any atom is -0.388 e. The Balaban J connectivity index is 1.45. The second-order valence-electron chi connectivity index (χ2n) is 11.4. The molecule has 8 heteroatoms. The van der Waals surface area contributed by atoms with Crippen molar-refractivity contribution in [3.05, 3.63) is 87.6 Å². The lowest BCUT2D eigenvalue weighted by Gasteiger charge is -2.32. The number of aromatic nitrogens is 4. The second-order valence-corrected chi connectivity index (χ2v) is 11.4. The lowest BCUT2D eigenvalue weighted by Crippen LogP contribution is -2.36. The van der Waals surface area contributed by atoms with E-state index in [0.29, 0.717) is 24.4 Å². The summed E-state index contributed by atoms with van der Waals surface area (Å²) in [4.78, 5) is 18.7. The zero-order chi connectivity index (χ0) is 28.3. The van der Waals surface area contributed by atoms with E-state index in [4.69, 9.17) is 4.74 Å². The summed E-state index contributed by atoms with van der Waals surface area (Å²) in [6, 6.07) is 18.0. The summed E-state index contributed by atoms with van der Waals surface area (Å²) < 4.78 is 9.66. The molecule has 0 spiro atoms. The maximum Gasteiger partial charge on any atom is 0.259 e. The van der Waals surface area contributed by atoms with E-state index in [2.05, 4.69) is 23.1 Å². The molecule has 0 unspecified atom stereocenters. The van der Waals surface area contributed by atoms with E-state index in [1.165, 1.54) is 6.33 Å². The Labute approximate surface area is 234 Å². The zero-order valence-corrected chi connectivity index (χ0v) is 23.5. The predicted octanol–water partition coefficient (Wildman–Crippen LogP) is 5.24. The van der Waals surface area contributed by atoms with Gasteiger partial charge in [0.2, 0.25) is 5.78 Å². The Bertz CT molecular complexity index is 1570. The number of nitrogens with zero attached hydrogens (tertiary/aromatic N) is 5. The number of ether oxygens (including phenoxy) is 1. The highest BCUT2D eigenvalue weighted by atomic mass is 16.5. The highest BCUT2D eigenvalue weighted by Crippen LogP contribution is 2.31. The van der Waals surface area contributed by atoms with E-state index in [1.807, 2.05) is 57.6 Å². The van der Waals surface area contributed by atoms with Crippen LogP contribution in [0.4, 0.5) is 0 Å². The smallest absolute Gasteiger partial charge is 0.259 e. The second kappa shape index (κ2) is 11.7. The quantitative estimate of drug-likeness (QED) is 0.312. The third-order valence-electron chi connectivity index (χ3n) is 7.69. The summed E-state index contributed by atoms with van der Waals surface area (Å²) in [5.74, 6) is 0.599. The first kappa shape index (κ1) is 27.8. The third kappa shape index (κ3) is 5.86. The summed E-state index contributed by atoms with van der Waals surface area (Å²) in [7, 11) is 0. The molecule has 1 aliphatic rings. The molecule has 2 heterocycles. The lowest BCUT2D eigenvalue weighted by atomic mass is 9.92. The largest absolute Gasteiger partial charge is 0.388 e. The van der Waals surface area contributed by atoms with Crippen molar-refractivity contribution in [3.63, 3.8) is 0 Å². The third-order valence-corrected chi connectivity index (χ3v) is 7.69. The molecular formula is C32H37N5O3. The highest BCUT2D eigenvalue weighted by Gasteiger charge is 2.29. The molecule has 1 saturated carbocycles. The summed E-state index contributed by atoms with van der Waals surface area (Å²) in [6.07, 6.45) is 6.99. The molecule has 0 radical (unpaired) electrons. The number of fused-ring (bicyclic) bond motifs is 1. The van der Waals surface area contributed by atoms with Crippen molar-refractivity contribution < 1.29 is 9.84 Å². The lowest BCUT2D eigenvalue weighted by molar-refractivity contribution is -0.0654. The Morgan fingerprint density at radius 1 is 1.10 bits per heavy atom. The fraction of sp³-hybridized carbons (Fsp3) is 0.438. The zero-order valence-electron chi connectivity index (χ0n) is 23.5. The van der Waals surface area contributed by atoms with Crippen LogP contribution < -0.4 is 5.56 Å². The summed E-state index contributed by atoms with van der Waals surface area (Å²) in [6.45, 7) is 5.90. The van der Waals surface area contributed by atoms with Gasteiger partial charge in [-0.2, -0.15) is 15.3 Å². The van der Waals surface area contributed by atoms with Crippen molar-refractivity contribution in [2.45, 2.75) is 83.5 Å². The molecule has 8 nitrogen and oxygen atoms in total. The predicted molar refractivity (Wildman–Crippen MR) is 154 cm³/mol. The number of nitriles is 1. The fourth-order valence-corrected chi connectivity index (χ4v) is 5.71. The molecule has 0 atom stereocenters. The van der Waals surface area contributed by atoms with Crippen LogP contribution in [0.3, 0.4) is 0 Å². The number of benzene rings is 2. The molecule has 2 aromatic heterocycles.